The van der Waals surface area contributed by atoms with Crippen molar-refractivity contribution in [1.82, 2.24) is 9.88 Å². The maximum atomic E-state index is 4.80. The van der Waals surface area contributed by atoms with Crippen LogP contribution in [0.5, 0.6) is 0 Å². The summed E-state index contributed by atoms with van der Waals surface area (Å²) in [5.41, 5.74) is 6.33. The van der Waals surface area contributed by atoms with Gasteiger partial charge < -0.3 is 10.2 Å². The van der Waals surface area contributed by atoms with Crippen molar-refractivity contribution < 1.29 is 0 Å². The molecule has 0 spiro atoms. The number of aryl methyl sites for hydroxylation is 1. The van der Waals surface area contributed by atoms with Gasteiger partial charge in [0.15, 0.2) is 0 Å². The van der Waals surface area contributed by atoms with Crippen molar-refractivity contribution in [3.05, 3.63) is 60.3 Å². The Labute approximate surface area is 163 Å². The van der Waals surface area contributed by atoms with E-state index in [0.717, 1.165) is 41.2 Å². The third kappa shape index (κ3) is 5.08. The van der Waals surface area contributed by atoms with Crippen LogP contribution in [0, 0.1) is 6.92 Å². The number of pyridine rings is 1. The van der Waals surface area contributed by atoms with Crippen LogP contribution in [0.1, 0.15) is 42.5 Å². The topological polar surface area (TPSA) is 28.2 Å². The molecule has 2 heterocycles. The predicted molar refractivity (Wildman–Crippen MR) is 118 cm³/mol. The molecule has 0 unspecified atom stereocenters. The molecule has 3 rings (SSSR count). The molecule has 142 valence electrons. The molecule has 1 aliphatic heterocycles. The molecule has 1 saturated heterocycles. The Morgan fingerprint density at radius 2 is 1.93 bits per heavy atom. The molecule has 1 fully saturated rings. The van der Waals surface area contributed by atoms with Crippen LogP contribution in [0.4, 0.5) is 5.69 Å². The summed E-state index contributed by atoms with van der Waals surface area (Å²) in [6, 6.07) is 10.6. The number of rotatable bonds is 8. The lowest BCUT2D eigenvalue weighted by molar-refractivity contribution is 0.228. The average Bonchev–Trinajstić information content (AvgIpc) is 2.71. The molecule has 3 heteroatoms. The minimum Gasteiger partial charge on any atom is -0.384 e. The molecule has 1 N–H and O–H groups in total. The zero-order valence-electron chi connectivity index (χ0n) is 16.5. The van der Waals surface area contributed by atoms with E-state index in [2.05, 4.69) is 60.6 Å². The van der Waals surface area contributed by atoms with Gasteiger partial charge in [-0.05, 0) is 64.0 Å². The Hall–Kier alpha value is -2.39. The van der Waals surface area contributed by atoms with Gasteiger partial charge >= 0.3 is 0 Å². The summed E-state index contributed by atoms with van der Waals surface area (Å²) in [4.78, 5) is 7.38. The van der Waals surface area contributed by atoms with E-state index in [1.807, 2.05) is 12.2 Å². The highest BCUT2D eigenvalue weighted by Crippen LogP contribution is 2.28. The fraction of sp³-hybridized carbons (Fsp3) is 0.375. The van der Waals surface area contributed by atoms with Crippen molar-refractivity contribution in [2.45, 2.75) is 32.6 Å². The molecule has 27 heavy (non-hydrogen) atoms. The van der Waals surface area contributed by atoms with E-state index in [1.54, 1.807) is 0 Å². The largest absolute Gasteiger partial charge is 0.384 e. The van der Waals surface area contributed by atoms with Crippen LogP contribution in [0.2, 0.25) is 0 Å². The molecule has 1 aromatic carbocycles. The Bertz CT molecular complexity index is 788. The SMILES string of the molecule is C=Cc1nc(-c2cccc(C)c2)cc(NCCCN2CCCCC2)c1C=C. The van der Waals surface area contributed by atoms with Crippen LogP contribution in [0.3, 0.4) is 0 Å². The minimum absolute atomic E-state index is 0.877. The molecule has 1 aromatic heterocycles. The monoisotopic (exact) mass is 361 g/mol. The molecular formula is C24H31N3. The standard InChI is InChI=1S/C24H31N3/c1-4-21-22(5-2)26-23(20-12-9-11-19(3)17-20)18-24(21)25-13-10-16-27-14-7-6-8-15-27/h4-5,9,11-12,17-18H,1-2,6-8,10,13-16H2,3H3,(H,25,26). The van der Waals surface area contributed by atoms with Gasteiger partial charge in [-0.25, -0.2) is 4.98 Å². The van der Waals surface area contributed by atoms with Crippen molar-refractivity contribution in [3.8, 4) is 11.3 Å². The molecule has 1 aliphatic rings. The summed E-state index contributed by atoms with van der Waals surface area (Å²) in [5.74, 6) is 0. The number of hydrogen-bond acceptors (Lipinski definition) is 3. The van der Waals surface area contributed by atoms with E-state index in [0.29, 0.717) is 0 Å². The van der Waals surface area contributed by atoms with E-state index in [9.17, 15) is 0 Å². The van der Waals surface area contributed by atoms with Gasteiger partial charge in [-0.3, -0.25) is 0 Å². The summed E-state index contributed by atoms with van der Waals surface area (Å²) in [6.07, 6.45) is 8.91. The number of anilines is 1. The zero-order chi connectivity index (χ0) is 19.1. The van der Waals surface area contributed by atoms with Crippen LogP contribution in [-0.4, -0.2) is 36.1 Å². The number of piperidine rings is 1. The molecule has 0 radical (unpaired) electrons. The maximum absolute atomic E-state index is 4.80. The van der Waals surface area contributed by atoms with Crippen LogP contribution >= 0.6 is 0 Å². The number of benzene rings is 1. The van der Waals surface area contributed by atoms with Gasteiger partial charge in [0.05, 0.1) is 11.4 Å². The van der Waals surface area contributed by atoms with Gasteiger partial charge in [0.1, 0.15) is 0 Å². The lowest BCUT2D eigenvalue weighted by atomic mass is 10.0. The first-order valence-electron chi connectivity index (χ1n) is 10.0. The Morgan fingerprint density at radius 3 is 2.63 bits per heavy atom. The summed E-state index contributed by atoms with van der Waals surface area (Å²) >= 11 is 0. The Balaban J connectivity index is 1.74. The van der Waals surface area contributed by atoms with Gasteiger partial charge in [-0.1, -0.05) is 49.4 Å². The van der Waals surface area contributed by atoms with Crippen LogP contribution in [0.15, 0.2) is 43.5 Å². The minimum atomic E-state index is 0.877. The second kappa shape index (κ2) is 9.52. The van der Waals surface area contributed by atoms with Gasteiger partial charge in [0, 0.05) is 23.4 Å². The number of likely N-dealkylation sites (tertiary alicyclic amines) is 1. The quantitative estimate of drug-likeness (QED) is 0.618. The van der Waals surface area contributed by atoms with E-state index in [-0.39, 0.29) is 0 Å². The molecule has 0 aliphatic carbocycles. The van der Waals surface area contributed by atoms with E-state index in [1.165, 1.54) is 44.5 Å². The molecule has 0 amide bonds. The average molecular weight is 362 g/mol. The van der Waals surface area contributed by atoms with Crippen molar-refractivity contribution in [2.75, 3.05) is 31.5 Å². The highest BCUT2D eigenvalue weighted by atomic mass is 15.1. The zero-order valence-corrected chi connectivity index (χ0v) is 16.5. The lowest BCUT2D eigenvalue weighted by Crippen LogP contribution is -2.31. The molecule has 2 aromatic rings. The van der Waals surface area contributed by atoms with Crippen LogP contribution in [0.25, 0.3) is 23.4 Å². The van der Waals surface area contributed by atoms with Crippen molar-refractivity contribution in [1.29, 1.82) is 0 Å². The lowest BCUT2D eigenvalue weighted by Gasteiger charge is -2.26. The highest BCUT2D eigenvalue weighted by molar-refractivity contribution is 5.78. The molecule has 0 atom stereocenters. The Kier molecular flexibility index (Phi) is 6.83. The summed E-state index contributed by atoms with van der Waals surface area (Å²) in [7, 11) is 0. The second-order valence-corrected chi connectivity index (χ2v) is 7.31. The maximum Gasteiger partial charge on any atom is 0.0730 e. The van der Waals surface area contributed by atoms with Crippen molar-refractivity contribution in [3.63, 3.8) is 0 Å². The number of nitrogens with one attached hydrogen (secondary N) is 1. The second-order valence-electron chi connectivity index (χ2n) is 7.31. The first kappa shape index (κ1) is 19.4. The smallest absolute Gasteiger partial charge is 0.0730 e. The molecule has 0 saturated carbocycles. The highest BCUT2D eigenvalue weighted by Gasteiger charge is 2.11. The third-order valence-electron chi connectivity index (χ3n) is 5.21. The number of hydrogen-bond donors (Lipinski definition) is 1. The van der Waals surface area contributed by atoms with E-state index in [4.69, 9.17) is 4.98 Å². The van der Waals surface area contributed by atoms with Gasteiger partial charge in [-0.15, -0.1) is 0 Å². The first-order valence-corrected chi connectivity index (χ1v) is 10.0. The number of aromatic nitrogens is 1. The summed E-state index contributed by atoms with van der Waals surface area (Å²) < 4.78 is 0. The summed E-state index contributed by atoms with van der Waals surface area (Å²) in [5, 5.41) is 3.62. The third-order valence-corrected chi connectivity index (χ3v) is 5.21. The summed E-state index contributed by atoms with van der Waals surface area (Å²) in [6.45, 7) is 14.7. The van der Waals surface area contributed by atoms with Crippen LogP contribution in [-0.2, 0) is 0 Å². The van der Waals surface area contributed by atoms with Crippen molar-refractivity contribution >= 4 is 17.8 Å². The Morgan fingerprint density at radius 1 is 1.11 bits per heavy atom. The van der Waals surface area contributed by atoms with E-state index < -0.39 is 0 Å². The first-order chi connectivity index (χ1) is 13.2. The normalized spacial score (nSPS) is 14.7. The van der Waals surface area contributed by atoms with Gasteiger partial charge in [0.25, 0.3) is 0 Å². The molecule has 3 nitrogen and oxygen atoms in total. The number of nitrogens with zero attached hydrogens (tertiary/aromatic N) is 2. The van der Waals surface area contributed by atoms with E-state index >= 15 is 0 Å². The molecule has 0 bridgehead atoms. The van der Waals surface area contributed by atoms with Crippen molar-refractivity contribution in [2.24, 2.45) is 0 Å². The fourth-order valence-electron chi connectivity index (χ4n) is 3.75. The predicted octanol–water partition coefficient (Wildman–Crippen LogP) is 5.63. The van der Waals surface area contributed by atoms with Gasteiger partial charge in [-0.2, -0.15) is 0 Å². The van der Waals surface area contributed by atoms with Gasteiger partial charge in [0.2, 0.25) is 0 Å². The molecular weight excluding hydrogens is 330 g/mol. The van der Waals surface area contributed by atoms with Crippen LogP contribution < -0.4 is 5.32 Å². The fourth-order valence-corrected chi connectivity index (χ4v) is 3.75.